The van der Waals surface area contributed by atoms with Gasteiger partial charge in [0, 0.05) is 24.1 Å². The molecule has 0 fully saturated rings. The zero-order valence-electron chi connectivity index (χ0n) is 10.1. The number of aliphatic hydroxyl groups is 1. The molecule has 0 spiro atoms. The standard InChI is InChI=1S/C11H18ClN3O/c1-7-9(12)14-8(2)15-10(7)13-5-11(3,4)6-16/h16H,5-6H2,1-4H3,(H,13,14,15). The van der Waals surface area contributed by atoms with Crippen LogP contribution in [0, 0.1) is 19.3 Å². The second-order valence-corrected chi connectivity index (χ2v) is 5.07. The molecule has 1 heterocycles. The van der Waals surface area contributed by atoms with E-state index in [0.717, 1.165) is 11.4 Å². The Bertz CT molecular complexity index is 380. The number of aromatic nitrogens is 2. The lowest BCUT2D eigenvalue weighted by Crippen LogP contribution is -2.27. The van der Waals surface area contributed by atoms with Crippen molar-refractivity contribution in [3.8, 4) is 0 Å². The molecular formula is C11H18ClN3O. The van der Waals surface area contributed by atoms with E-state index in [4.69, 9.17) is 16.7 Å². The van der Waals surface area contributed by atoms with Crippen LogP contribution >= 0.6 is 11.6 Å². The van der Waals surface area contributed by atoms with Gasteiger partial charge in [0.2, 0.25) is 0 Å². The van der Waals surface area contributed by atoms with E-state index in [9.17, 15) is 0 Å². The molecule has 1 aromatic rings. The summed E-state index contributed by atoms with van der Waals surface area (Å²) in [7, 11) is 0. The SMILES string of the molecule is Cc1nc(Cl)c(C)c(NCC(C)(C)CO)n1. The minimum Gasteiger partial charge on any atom is -0.396 e. The summed E-state index contributed by atoms with van der Waals surface area (Å²) in [6.45, 7) is 8.38. The van der Waals surface area contributed by atoms with Gasteiger partial charge in [-0.05, 0) is 13.8 Å². The Kier molecular flexibility index (Phi) is 4.10. The van der Waals surface area contributed by atoms with Gasteiger partial charge < -0.3 is 10.4 Å². The Morgan fingerprint density at radius 2 is 1.94 bits per heavy atom. The van der Waals surface area contributed by atoms with Crippen LogP contribution in [0.25, 0.3) is 0 Å². The van der Waals surface area contributed by atoms with E-state index < -0.39 is 0 Å². The number of rotatable bonds is 4. The van der Waals surface area contributed by atoms with Gasteiger partial charge in [-0.25, -0.2) is 9.97 Å². The van der Waals surface area contributed by atoms with Crippen molar-refractivity contribution in [3.63, 3.8) is 0 Å². The molecule has 0 unspecified atom stereocenters. The predicted octanol–water partition coefficient (Wildman–Crippen LogP) is 2.18. The second-order valence-electron chi connectivity index (χ2n) is 4.71. The van der Waals surface area contributed by atoms with E-state index >= 15 is 0 Å². The van der Waals surface area contributed by atoms with Gasteiger partial charge in [-0.1, -0.05) is 25.4 Å². The smallest absolute Gasteiger partial charge is 0.137 e. The predicted molar refractivity (Wildman–Crippen MR) is 65.9 cm³/mol. The molecule has 0 aliphatic heterocycles. The number of aryl methyl sites for hydroxylation is 1. The van der Waals surface area contributed by atoms with Crippen molar-refractivity contribution in [2.75, 3.05) is 18.5 Å². The monoisotopic (exact) mass is 243 g/mol. The van der Waals surface area contributed by atoms with Crippen molar-refractivity contribution in [1.29, 1.82) is 0 Å². The summed E-state index contributed by atoms with van der Waals surface area (Å²) in [6, 6.07) is 0. The average Bonchev–Trinajstić information content (AvgIpc) is 2.21. The van der Waals surface area contributed by atoms with Crippen molar-refractivity contribution in [2.24, 2.45) is 5.41 Å². The number of hydrogen-bond donors (Lipinski definition) is 2. The Balaban J connectivity index is 2.82. The normalized spacial score (nSPS) is 11.6. The van der Waals surface area contributed by atoms with E-state index in [0.29, 0.717) is 17.5 Å². The van der Waals surface area contributed by atoms with Crippen LogP contribution in [0.2, 0.25) is 5.15 Å². The van der Waals surface area contributed by atoms with Gasteiger partial charge in [-0.2, -0.15) is 0 Å². The Hall–Kier alpha value is -0.870. The summed E-state index contributed by atoms with van der Waals surface area (Å²) < 4.78 is 0. The third kappa shape index (κ3) is 3.32. The summed E-state index contributed by atoms with van der Waals surface area (Å²) in [4.78, 5) is 8.35. The molecule has 0 aliphatic rings. The molecule has 0 saturated heterocycles. The Morgan fingerprint density at radius 1 is 1.31 bits per heavy atom. The maximum atomic E-state index is 9.15. The lowest BCUT2D eigenvalue weighted by Gasteiger charge is -2.23. The number of aliphatic hydroxyl groups excluding tert-OH is 1. The fraction of sp³-hybridized carbons (Fsp3) is 0.636. The maximum Gasteiger partial charge on any atom is 0.137 e. The van der Waals surface area contributed by atoms with Crippen molar-refractivity contribution in [3.05, 3.63) is 16.5 Å². The van der Waals surface area contributed by atoms with Crippen LogP contribution in [0.3, 0.4) is 0 Å². The summed E-state index contributed by atoms with van der Waals surface area (Å²) >= 11 is 5.96. The zero-order chi connectivity index (χ0) is 12.3. The fourth-order valence-electron chi connectivity index (χ4n) is 1.15. The van der Waals surface area contributed by atoms with Crippen LogP contribution in [-0.2, 0) is 0 Å². The zero-order valence-corrected chi connectivity index (χ0v) is 10.9. The van der Waals surface area contributed by atoms with Gasteiger partial charge in [0.15, 0.2) is 0 Å². The molecule has 0 aromatic carbocycles. The van der Waals surface area contributed by atoms with Crippen LogP contribution in [0.5, 0.6) is 0 Å². The molecule has 1 rings (SSSR count). The van der Waals surface area contributed by atoms with Gasteiger partial charge in [0.25, 0.3) is 0 Å². The maximum absolute atomic E-state index is 9.15. The first-order valence-electron chi connectivity index (χ1n) is 5.21. The molecule has 4 nitrogen and oxygen atoms in total. The second kappa shape index (κ2) is 4.97. The highest BCUT2D eigenvalue weighted by atomic mass is 35.5. The number of anilines is 1. The van der Waals surface area contributed by atoms with Crippen LogP contribution in [0.4, 0.5) is 5.82 Å². The van der Waals surface area contributed by atoms with Gasteiger partial charge in [-0.3, -0.25) is 0 Å². The number of nitrogens with zero attached hydrogens (tertiary/aromatic N) is 2. The van der Waals surface area contributed by atoms with Crippen LogP contribution in [0.1, 0.15) is 25.2 Å². The molecule has 5 heteroatoms. The average molecular weight is 244 g/mol. The number of nitrogens with one attached hydrogen (secondary N) is 1. The first-order chi connectivity index (χ1) is 7.35. The van der Waals surface area contributed by atoms with Crippen molar-refractivity contribution >= 4 is 17.4 Å². The van der Waals surface area contributed by atoms with Crippen molar-refractivity contribution in [1.82, 2.24) is 9.97 Å². The number of hydrogen-bond acceptors (Lipinski definition) is 4. The lowest BCUT2D eigenvalue weighted by atomic mass is 9.95. The molecular weight excluding hydrogens is 226 g/mol. The molecule has 0 radical (unpaired) electrons. The third-order valence-corrected chi connectivity index (χ3v) is 2.73. The summed E-state index contributed by atoms with van der Waals surface area (Å²) in [5.74, 6) is 1.37. The minimum absolute atomic E-state index is 0.122. The van der Waals surface area contributed by atoms with E-state index in [-0.39, 0.29) is 12.0 Å². The highest BCUT2D eigenvalue weighted by Crippen LogP contribution is 2.21. The summed E-state index contributed by atoms with van der Waals surface area (Å²) in [6.07, 6.45) is 0. The quantitative estimate of drug-likeness (QED) is 0.796. The first-order valence-corrected chi connectivity index (χ1v) is 5.59. The number of halogens is 1. The van der Waals surface area contributed by atoms with Crippen LogP contribution in [0.15, 0.2) is 0 Å². The first kappa shape index (κ1) is 13.2. The highest BCUT2D eigenvalue weighted by molar-refractivity contribution is 6.30. The van der Waals surface area contributed by atoms with Gasteiger partial charge >= 0.3 is 0 Å². The van der Waals surface area contributed by atoms with Crippen LogP contribution < -0.4 is 5.32 Å². The van der Waals surface area contributed by atoms with Gasteiger partial charge in [0.1, 0.15) is 16.8 Å². The largest absolute Gasteiger partial charge is 0.396 e. The molecule has 0 atom stereocenters. The van der Waals surface area contributed by atoms with E-state index in [1.807, 2.05) is 20.8 Å². The minimum atomic E-state index is -0.183. The molecule has 0 saturated carbocycles. The van der Waals surface area contributed by atoms with Crippen LogP contribution in [-0.4, -0.2) is 28.2 Å². The molecule has 2 N–H and O–H groups in total. The van der Waals surface area contributed by atoms with Gasteiger partial charge in [-0.15, -0.1) is 0 Å². The van der Waals surface area contributed by atoms with E-state index in [2.05, 4.69) is 15.3 Å². The molecule has 90 valence electrons. The van der Waals surface area contributed by atoms with Crippen molar-refractivity contribution < 1.29 is 5.11 Å². The molecule has 0 aliphatic carbocycles. The highest BCUT2D eigenvalue weighted by Gasteiger charge is 2.17. The summed E-state index contributed by atoms with van der Waals surface area (Å²) in [5.41, 5.74) is 0.651. The molecule has 0 bridgehead atoms. The van der Waals surface area contributed by atoms with Gasteiger partial charge in [0.05, 0.1) is 0 Å². The molecule has 0 amide bonds. The molecule has 16 heavy (non-hydrogen) atoms. The topological polar surface area (TPSA) is 58.0 Å². The molecule has 1 aromatic heterocycles. The third-order valence-electron chi connectivity index (χ3n) is 2.36. The lowest BCUT2D eigenvalue weighted by molar-refractivity contribution is 0.170. The fourth-order valence-corrected chi connectivity index (χ4v) is 1.36. The van der Waals surface area contributed by atoms with E-state index in [1.54, 1.807) is 6.92 Å². The van der Waals surface area contributed by atoms with E-state index in [1.165, 1.54) is 0 Å². The summed E-state index contributed by atoms with van der Waals surface area (Å²) in [5, 5.41) is 12.8. The van der Waals surface area contributed by atoms with Crippen molar-refractivity contribution in [2.45, 2.75) is 27.7 Å². The Morgan fingerprint density at radius 3 is 2.50 bits per heavy atom. The Labute approximate surface area is 101 Å².